The highest BCUT2D eigenvalue weighted by Crippen LogP contribution is 2.26. The number of rotatable bonds is 5. The van der Waals surface area contributed by atoms with E-state index in [9.17, 15) is 14.7 Å². The molecule has 2 N–H and O–H groups in total. The van der Waals surface area contributed by atoms with Gasteiger partial charge in [-0.05, 0) is 45.2 Å². The highest BCUT2D eigenvalue weighted by Gasteiger charge is 2.23. The second-order valence-corrected chi connectivity index (χ2v) is 7.89. The minimum absolute atomic E-state index is 0.169. The lowest BCUT2D eigenvalue weighted by molar-refractivity contribution is 0.0698. The summed E-state index contributed by atoms with van der Waals surface area (Å²) in [6.45, 7) is 5.32. The van der Waals surface area contributed by atoms with Crippen molar-refractivity contribution in [1.29, 1.82) is 0 Å². The lowest BCUT2D eigenvalue weighted by atomic mass is 10.1. The van der Waals surface area contributed by atoms with Crippen molar-refractivity contribution in [2.45, 2.75) is 39.2 Å². The lowest BCUT2D eigenvalue weighted by Crippen LogP contribution is -2.36. The minimum atomic E-state index is -1.02. The normalized spacial score (nSPS) is 15.1. The molecule has 1 aliphatic heterocycles. The van der Waals surface area contributed by atoms with E-state index in [4.69, 9.17) is 4.98 Å². The van der Waals surface area contributed by atoms with Crippen LogP contribution in [0.3, 0.4) is 0 Å². The molecule has 31 heavy (non-hydrogen) atoms. The first-order valence-electron chi connectivity index (χ1n) is 10.5. The molecule has 2 aromatic heterocycles. The fourth-order valence-electron chi connectivity index (χ4n) is 4.05. The number of hydrogen-bond acceptors (Lipinski definition) is 7. The highest BCUT2D eigenvalue weighted by atomic mass is 16.4. The Balaban J connectivity index is 1.83. The number of benzene rings is 1. The van der Waals surface area contributed by atoms with E-state index in [-0.39, 0.29) is 16.6 Å². The van der Waals surface area contributed by atoms with Crippen molar-refractivity contribution in [3.05, 3.63) is 51.7 Å². The first-order valence-corrected chi connectivity index (χ1v) is 10.5. The van der Waals surface area contributed by atoms with Crippen molar-refractivity contribution < 1.29 is 9.90 Å². The smallest absolute Gasteiger partial charge is 0.337 e. The molecule has 9 heteroatoms. The number of carboxylic acids is 1. The van der Waals surface area contributed by atoms with Gasteiger partial charge in [0.2, 0.25) is 5.95 Å². The van der Waals surface area contributed by atoms with Crippen LogP contribution in [-0.4, -0.2) is 43.7 Å². The van der Waals surface area contributed by atoms with Crippen LogP contribution >= 0.6 is 0 Å². The lowest BCUT2D eigenvalue weighted by Gasteiger charge is -2.29. The number of carboxylic acid groups (broad SMARTS) is 1. The van der Waals surface area contributed by atoms with Gasteiger partial charge in [-0.1, -0.05) is 12.1 Å². The van der Waals surface area contributed by atoms with Gasteiger partial charge >= 0.3 is 5.97 Å². The van der Waals surface area contributed by atoms with Crippen molar-refractivity contribution in [2.75, 3.05) is 23.3 Å². The van der Waals surface area contributed by atoms with E-state index in [1.807, 2.05) is 6.92 Å². The van der Waals surface area contributed by atoms with Crippen LogP contribution in [0.2, 0.25) is 0 Å². The van der Waals surface area contributed by atoms with E-state index >= 15 is 0 Å². The highest BCUT2D eigenvalue weighted by molar-refractivity contribution is 5.94. The Morgan fingerprint density at radius 2 is 1.81 bits per heavy atom. The molecule has 162 valence electrons. The number of nitrogens with one attached hydrogen (secondary N) is 1. The number of aryl methyl sites for hydroxylation is 1. The Bertz CT molecular complexity index is 1200. The van der Waals surface area contributed by atoms with Gasteiger partial charge in [-0.15, -0.1) is 0 Å². The average molecular weight is 422 g/mol. The molecule has 1 unspecified atom stereocenters. The maximum Gasteiger partial charge on any atom is 0.337 e. The Kier molecular flexibility index (Phi) is 5.58. The van der Waals surface area contributed by atoms with E-state index in [1.54, 1.807) is 42.8 Å². The molecule has 1 saturated heterocycles. The number of nitrogens with zero attached hydrogens (tertiary/aromatic N) is 5. The average Bonchev–Trinajstić information content (AvgIpc) is 2.77. The minimum Gasteiger partial charge on any atom is -0.478 e. The van der Waals surface area contributed by atoms with E-state index in [0.717, 1.165) is 25.9 Å². The quantitative estimate of drug-likeness (QED) is 0.645. The number of piperidine rings is 1. The number of aromatic nitrogens is 4. The molecule has 1 atom stereocenters. The monoisotopic (exact) mass is 422 g/mol. The molecule has 4 rings (SSSR count). The van der Waals surface area contributed by atoms with Gasteiger partial charge in [0, 0.05) is 25.8 Å². The van der Waals surface area contributed by atoms with Gasteiger partial charge in [0.1, 0.15) is 11.3 Å². The maximum atomic E-state index is 13.1. The summed E-state index contributed by atoms with van der Waals surface area (Å²) < 4.78 is 1.56. The number of aromatic carboxylic acids is 1. The van der Waals surface area contributed by atoms with E-state index < -0.39 is 12.0 Å². The van der Waals surface area contributed by atoms with Gasteiger partial charge in [0.25, 0.3) is 5.56 Å². The molecule has 0 spiro atoms. The zero-order chi connectivity index (χ0) is 22.1. The summed E-state index contributed by atoms with van der Waals surface area (Å²) in [5.74, 6) is 0.0646. The van der Waals surface area contributed by atoms with Gasteiger partial charge < -0.3 is 15.3 Å². The fraction of sp³-hybridized carbons (Fsp3) is 0.409. The molecule has 0 saturated carbocycles. The second kappa shape index (κ2) is 8.33. The van der Waals surface area contributed by atoms with Crippen LogP contribution in [0.5, 0.6) is 0 Å². The molecule has 0 radical (unpaired) electrons. The Labute approximate surface area is 179 Å². The molecule has 1 aliphatic rings. The fourth-order valence-corrected chi connectivity index (χ4v) is 4.05. The second-order valence-electron chi connectivity index (χ2n) is 7.89. The summed E-state index contributed by atoms with van der Waals surface area (Å²) in [7, 11) is 1.72. The van der Waals surface area contributed by atoms with Crippen LogP contribution < -0.4 is 15.8 Å². The molecule has 1 aromatic carbocycles. The van der Waals surface area contributed by atoms with Gasteiger partial charge in [0.15, 0.2) is 5.52 Å². The Hall–Kier alpha value is -3.49. The predicted octanol–water partition coefficient (Wildman–Crippen LogP) is 2.89. The third kappa shape index (κ3) is 3.95. The predicted molar refractivity (Wildman–Crippen MR) is 119 cm³/mol. The molecular formula is C22H26N6O3. The molecule has 3 aromatic rings. The van der Waals surface area contributed by atoms with Crippen LogP contribution in [-0.2, 0) is 7.05 Å². The SMILES string of the molecule is Cc1nc(C(C)Nc2ccccc2C(=O)O)c2nc(N3CCCCC3)n(C)c(=O)c2n1. The largest absolute Gasteiger partial charge is 0.478 e. The zero-order valence-corrected chi connectivity index (χ0v) is 17.9. The maximum absolute atomic E-state index is 13.1. The van der Waals surface area contributed by atoms with E-state index in [2.05, 4.69) is 20.2 Å². The molecule has 0 aliphatic carbocycles. The van der Waals surface area contributed by atoms with Crippen LogP contribution in [0.1, 0.15) is 54.1 Å². The van der Waals surface area contributed by atoms with Gasteiger partial charge in [-0.2, -0.15) is 0 Å². The van der Waals surface area contributed by atoms with Crippen LogP contribution in [0.25, 0.3) is 11.0 Å². The van der Waals surface area contributed by atoms with E-state index in [0.29, 0.717) is 28.7 Å². The Morgan fingerprint density at radius 1 is 1.10 bits per heavy atom. The van der Waals surface area contributed by atoms with Crippen molar-refractivity contribution in [1.82, 2.24) is 19.5 Å². The van der Waals surface area contributed by atoms with Crippen LogP contribution in [0.4, 0.5) is 11.6 Å². The van der Waals surface area contributed by atoms with Crippen LogP contribution in [0.15, 0.2) is 29.1 Å². The number of hydrogen-bond donors (Lipinski definition) is 2. The Morgan fingerprint density at radius 3 is 2.52 bits per heavy atom. The summed E-state index contributed by atoms with van der Waals surface area (Å²) in [6, 6.07) is 6.32. The first kappa shape index (κ1) is 20.8. The third-order valence-corrected chi connectivity index (χ3v) is 5.62. The molecule has 0 bridgehead atoms. The van der Waals surface area contributed by atoms with Gasteiger partial charge in [-0.3, -0.25) is 9.36 Å². The van der Waals surface area contributed by atoms with Crippen molar-refractivity contribution >= 4 is 28.6 Å². The third-order valence-electron chi connectivity index (χ3n) is 5.62. The number of carbonyl (C=O) groups is 1. The zero-order valence-electron chi connectivity index (χ0n) is 17.9. The molecule has 0 amide bonds. The summed E-state index contributed by atoms with van der Waals surface area (Å²) >= 11 is 0. The molecule has 9 nitrogen and oxygen atoms in total. The topological polar surface area (TPSA) is 113 Å². The van der Waals surface area contributed by atoms with Crippen LogP contribution in [0, 0.1) is 6.92 Å². The van der Waals surface area contributed by atoms with Crippen molar-refractivity contribution in [2.24, 2.45) is 7.05 Å². The number of fused-ring (bicyclic) bond motifs is 1. The van der Waals surface area contributed by atoms with Gasteiger partial charge in [0.05, 0.1) is 17.3 Å². The summed E-state index contributed by atoms with van der Waals surface area (Å²) in [5.41, 5.74) is 1.72. The molecule has 1 fully saturated rings. The standard InChI is InChI=1S/C22H26N6O3/c1-13(23-16-10-6-5-9-15(16)21(30)31)17-18-19(25-14(2)24-17)20(29)27(3)22(26-18)28-11-7-4-8-12-28/h5-6,9-10,13,23H,4,7-8,11-12H2,1-3H3,(H,30,31). The van der Waals surface area contributed by atoms with E-state index in [1.165, 1.54) is 6.42 Å². The van der Waals surface area contributed by atoms with Crippen molar-refractivity contribution in [3.63, 3.8) is 0 Å². The molecule has 3 heterocycles. The summed E-state index contributed by atoms with van der Waals surface area (Å²) in [6.07, 6.45) is 3.31. The number of para-hydroxylation sites is 1. The molecular weight excluding hydrogens is 396 g/mol. The number of anilines is 2. The summed E-state index contributed by atoms with van der Waals surface area (Å²) in [5, 5.41) is 12.7. The first-order chi connectivity index (χ1) is 14.9. The van der Waals surface area contributed by atoms with Gasteiger partial charge in [-0.25, -0.2) is 19.7 Å². The van der Waals surface area contributed by atoms with Crippen molar-refractivity contribution in [3.8, 4) is 0 Å². The summed E-state index contributed by atoms with van der Waals surface area (Å²) in [4.78, 5) is 40.6.